The molecule has 0 aliphatic rings. The van der Waals surface area contributed by atoms with Crippen LogP contribution in [0.2, 0.25) is 0 Å². The molecular formula is C7H10N2O3. The summed E-state index contributed by atoms with van der Waals surface area (Å²) < 4.78 is 9.37. The van der Waals surface area contributed by atoms with Crippen molar-refractivity contribution in [1.29, 1.82) is 0 Å². The highest BCUT2D eigenvalue weighted by Gasteiger charge is 2.06. The summed E-state index contributed by atoms with van der Waals surface area (Å²) in [6, 6.07) is 0. The predicted octanol–water partition coefficient (Wildman–Crippen LogP) is 0.568. The van der Waals surface area contributed by atoms with Crippen molar-refractivity contribution in [2.75, 3.05) is 19.0 Å². The zero-order chi connectivity index (χ0) is 8.97. The normalized spacial score (nSPS) is 9.83. The Morgan fingerprint density at radius 1 is 1.83 bits per heavy atom. The Morgan fingerprint density at radius 3 is 3.08 bits per heavy atom. The van der Waals surface area contributed by atoms with Crippen LogP contribution in [0.3, 0.4) is 0 Å². The molecule has 1 aromatic heterocycles. The number of nitrogens with zero attached hydrogens (tertiary/aromatic N) is 1. The SMILES string of the molecule is COCC(=O)Nc1cnoc1C. The van der Waals surface area contributed by atoms with E-state index in [1.807, 2.05) is 0 Å². The van der Waals surface area contributed by atoms with Crippen molar-refractivity contribution in [3.63, 3.8) is 0 Å². The van der Waals surface area contributed by atoms with Gasteiger partial charge in [-0.05, 0) is 6.92 Å². The maximum absolute atomic E-state index is 11.0. The summed E-state index contributed by atoms with van der Waals surface area (Å²) in [6.07, 6.45) is 1.45. The largest absolute Gasteiger partial charge is 0.375 e. The van der Waals surface area contributed by atoms with E-state index in [0.717, 1.165) is 0 Å². The third-order valence-corrected chi connectivity index (χ3v) is 1.30. The minimum atomic E-state index is -0.219. The summed E-state index contributed by atoms with van der Waals surface area (Å²) in [5.41, 5.74) is 0.581. The Bertz CT molecular complexity index is 269. The second-order valence-electron chi connectivity index (χ2n) is 2.28. The van der Waals surface area contributed by atoms with Gasteiger partial charge in [0, 0.05) is 7.11 Å². The van der Waals surface area contributed by atoms with Crippen molar-refractivity contribution >= 4 is 11.6 Å². The molecule has 0 unspecified atom stereocenters. The maximum atomic E-state index is 11.0. The average molecular weight is 170 g/mol. The van der Waals surface area contributed by atoms with Gasteiger partial charge in [-0.3, -0.25) is 4.79 Å². The lowest BCUT2D eigenvalue weighted by Crippen LogP contribution is -2.17. The monoisotopic (exact) mass is 170 g/mol. The number of hydrogen-bond acceptors (Lipinski definition) is 4. The standard InChI is InChI=1S/C7H10N2O3/c1-5-6(3-8-12-5)9-7(10)4-11-2/h3H,4H2,1-2H3,(H,9,10). The lowest BCUT2D eigenvalue weighted by atomic mass is 10.4. The van der Waals surface area contributed by atoms with Crippen LogP contribution in [-0.4, -0.2) is 24.8 Å². The van der Waals surface area contributed by atoms with Crippen LogP contribution >= 0.6 is 0 Å². The molecule has 1 N–H and O–H groups in total. The summed E-state index contributed by atoms with van der Waals surface area (Å²) in [6.45, 7) is 1.75. The Balaban J connectivity index is 2.52. The molecule has 0 saturated heterocycles. The highest BCUT2D eigenvalue weighted by molar-refractivity contribution is 5.91. The Hall–Kier alpha value is -1.36. The third-order valence-electron chi connectivity index (χ3n) is 1.30. The number of carbonyl (C=O) groups is 1. The number of hydrogen-bond donors (Lipinski definition) is 1. The number of aromatic nitrogens is 1. The van der Waals surface area contributed by atoms with Crippen molar-refractivity contribution in [3.8, 4) is 0 Å². The zero-order valence-electron chi connectivity index (χ0n) is 6.96. The molecule has 0 aliphatic carbocycles. The van der Waals surface area contributed by atoms with Gasteiger partial charge < -0.3 is 14.6 Å². The van der Waals surface area contributed by atoms with E-state index < -0.39 is 0 Å². The summed E-state index contributed by atoms with van der Waals surface area (Å²) >= 11 is 0. The number of methoxy groups -OCH3 is 1. The van der Waals surface area contributed by atoms with E-state index in [1.165, 1.54) is 13.3 Å². The molecule has 5 nitrogen and oxygen atoms in total. The molecule has 1 amide bonds. The van der Waals surface area contributed by atoms with Gasteiger partial charge >= 0.3 is 0 Å². The van der Waals surface area contributed by atoms with E-state index in [2.05, 4.69) is 15.2 Å². The molecule has 0 fully saturated rings. The molecular weight excluding hydrogens is 160 g/mol. The summed E-state index contributed by atoms with van der Waals surface area (Å²) in [5, 5.41) is 6.08. The van der Waals surface area contributed by atoms with Crippen LogP contribution in [0.1, 0.15) is 5.76 Å². The Labute approximate surface area is 69.7 Å². The summed E-state index contributed by atoms with van der Waals surface area (Å²) in [7, 11) is 1.46. The van der Waals surface area contributed by atoms with Crippen LogP contribution in [0.15, 0.2) is 10.7 Å². The maximum Gasteiger partial charge on any atom is 0.250 e. The van der Waals surface area contributed by atoms with E-state index >= 15 is 0 Å². The van der Waals surface area contributed by atoms with Crippen LogP contribution in [0.5, 0.6) is 0 Å². The first-order chi connectivity index (χ1) is 5.74. The number of ether oxygens (including phenoxy) is 1. The third kappa shape index (κ3) is 2.06. The van der Waals surface area contributed by atoms with Crippen LogP contribution in [0.4, 0.5) is 5.69 Å². The van der Waals surface area contributed by atoms with Crippen LogP contribution < -0.4 is 5.32 Å². The predicted molar refractivity (Wildman–Crippen MR) is 41.7 cm³/mol. The van der Waals surface area contributed by atoms with Gasteiger partial charge in [0.2, 0.25) is 5.91 Å². The second kappa shape index (κ2) is 3.87. The minimum Gasteiger partial charge on any atom is -0.375 e. The molecule has 0 aliphatic heterocycles. The molecule has 0 bridgehead atoms. The zero-order valence-corrected chi connectivity index (χ0v) is 6.96. The van der Waals surface area contributed by atoms with Crippen molar-refractivity contribution in [2.24, 2.45) is 0 Å². The van der Waals surface area contributed by atoms with E-state index in [0.29, 0.717) is 11.4 Å². The topological polar surface area (TPSA) is 64.4 Å². The van der Waals surface area contributed by atoms with Crippen LogP contribution in [-0.2, 0) is 9.53 Å². The average Bonchev–Trinajstić information content (AvgIpc) is 2.37. The molecule has 0 spiro atoms. The number of anilines is 1. The van der Waals surface area contributed by atoms with Gasteiger partial charge in [0.15, 0.2) is 5.76 Å². The fraction of sp³-hybridized carbons (Fsp3) is 0.429. The van der Waals surface area contributed by atoms with Crippen molar-refractivity contribution in [3.05, 3.63) is 12.0 Å². The molecule has 1 rings (SSSR count). The first-order valence-electron chi connectivity index (χ1n) is 3.44. The van der Waals surface area contributed by atoms with Gasteiger partial charge in [0.25, 0.3) is 0 Å². The van der Waals surface area contributed by atoms with E-state index in [9.17, 15) is 4.79 Å². The van der Waals surface area contributed by atoms with E-state index in [-0.39, 0.29) is 12.5 Å². The molecule has 0 saturated carbocycles. The molecule has 66 valence electrons. The fourth-order valence-electron chi connectivity index (χ4n) is 0.736. The molecule has 0 atom stereocenters. The van der Waals surface area contributed by atoms with E-state index in [4.69, 9.17) is 4.52 Å². The first-order valence-corrected chi connectivity index (χ1v) is 3.44. The number of amides is 1. The lowest BCUT2D eigenvalue weighted by Gasteiger charge is -2.00. The van der Waals surface area contributed by atoms with Crippen molar-refractivity contribution in [2.45, 2.75) is 6.92 Å². The number of rotatable bonds is 3. The van der Waals surface area contributed by atoms with Gasteiger partial charge in [-0.15, -0.1) is 0 Å². The Morgan fingerprint density at radius 2 is 2.58 bits per heavy atom. The fourth-order valence-corrected chi connectivity index (χ4v) is 0.736. The summed E-state index contributed by atoms with van der Waals surface area (Å²) in [5.74, 6) is 0.364. The second-order valence-corrected chi connectivity index (χ2v) is 2.28. The molecule has 1 heterocycles. The van der Waals surface area contributed by atoms with Gasteiger partial charge in [0.1, 0.15) is 12.3 Å². The van der Waals surface area contributed by atoms with Crippen LogP contribution in [0.25, 0.3) is 0 Å². The van der Waals surface area contributed by atoms with Crippen molar-refractivity contribution in [1.82, 2.24) is 5.16 Å². The van der Waals surface area contributed by atoms with Gasteiger partial charge in [-0.2, -0.15) is 0 Å². The Kier molecular flexibility index (Phi) is 2.82. The van der Waals surface area contributed by atoms with Gasteiger partial charge in [-0.25, -0.2) is 0 Å². The highest BCUT2D eigenvalue weighted by atomic mass is 16.5. The van der Waals surface area contributed by atoms with Gasteiger partial charge in [0.05, 0.1) is 6.20 Å². The van der Waals surface area contributed by atoms with Crippen molar-refractivity contribution < 1.29 is 14.1 Å². The van der Waals surface area contributed by atoms with Crippen LogP contribution in [0, 0.1) is 6.92 Å². The number of carbonyl (C=O) groups excluding carboxylic acids is 1. The highest BCUT2D eigenvalue weighted by Crippen LogP contribution is 2.11. The molecule has 1 aromatic rings. The van der Waals surface area contributed by atoms with E-state index in [1.54, 1.807) is 6.92 Å². The molecule has 0 radical (unpaired) electrons. The first kappa shape index (κ1) is 8.73. The smallest absolute Gasteiger partial charge is 0.250 e. The lowest BCUT2D eigenvalue weighted by molar-refractivity contribution is -0.119. The quantitative estimate of drug-likeness (QED) is 0.720. The number of nitrogens with one attached hydrogen (secondary N) is 1. The molecule has 12 heavy (non-hydrogen) atoms. The van der Waals surface area contributed by atoms with Gasteiger partial charge in [-0.1, -0.05) is 5.16 Å². The number of aryl methyl sites for hydroxylation is 1. The molecule has 5 heteroatoms. The minimum absolute atomic E-state index is 0.0324. The molecule has 0 aromatic carbocycles. The summed E-state index contributed by atoms with van der Waals surface area (Å²) in [4.78, 5) is 11.0.